The SMILES string of the molecule is CC1(Cl)C=CC(C=O)=CC1(Cl)Cl. The Morgan fingerprint density at radius 3 is 2.42 bits per heavy atom. The van der Waals surface area contributed by atoms with E-state index in [-0.39, 0.29) is 0 Å². The molecule has 0 spiro atoms. The van der Waals surface area contributed by atoms with Crippen molar-refractivity contribution in [2.24, 2.45) is 0 Å². The van der Waals surface area contributed by atoms with Gasteiger partial charge < -0.3 is 0 Å². The number of aldehydes is 1. The molecule has 1 aliphatic carbocycles. The van der Waals surface area contributed by atoms with Crippen LogP contribution in [0.1, 0.15) is 6.92 Å². The first kappa shape index (κ1) is 10.1. The molecule has 0 radical (unpaired) electrons. The molecule has 0 aromatic rings. The number of rotatable bonds is 1. The van der Waals surface area contributed by atoms with Crippen molar-refractivity contribution in [1.29, 1.82) is 0 Å². The average Bonchev–Trinajstić information content (AvgIpc) is 1.95. The second-order valence-corrected chi connectivity index (χ2v) is 4.97. The summed E-state index contributed by atoms with van der Waals surface area (Å²) in [7, 11) is 0. The highest BCUT2D eigenvalue weighted by Crippen LogP contribution is 2.44. The molecule has 0 aliphatic heterocycles. The van der Waals surface area contributed by atoms with Crippen LogP contribution in [0.25, 0.3) is 0 Å². The highest BCUT2D eigenvalue weighted by molar-refractivity contribution is 6.55. The van der Waals surface area contributed by atoms with E-state index in [1.165, 1.54) is 6.08 Å². The Bertz CT molecular complexity index is 263. The van der Waals surface area contributed by atoms with Gasteiger partial charge in [0.05, 0.1) is 4.87 Å². The highest BCUT2D eigenvalue weighted by Gasteiger charge is 2.42. The van der Waals surface area contributed by atoms with Gasteiger partial charge in [-0.15, -0.1) is 11.6 Å². The van der Waals surface area contributed by atoms with Crippen molar-refractivity contribution in [2.75, 3.05) is 0 Å². The van der Waals surface area contributed by atoms with Crippen LogP contribution in [0, 0.1) is 0 Å². The minimum Gasteiger partial charge on any atom is -0.298 e. The van der Waals surface area contributed by atoms with Crippen LogP contribution in [0.15, 0.2) is 23.8 Å². The van der Waals surface area contributed by atoms with Crippen molar-refractivity contribution in [2.45, 2.75) is 16.1 Å². The van der Waals surface area contributed by atoms with Crippen LogP contribution in [0.5, 0.6) is 0 Å². The van der Waals surface area contributed by atoms with Gasteiger partial charge in [0, 0.05) is 5.57 Å². The normalized spacial score (nSPS) is 32.8. The predicted molar refractivity (Wildman–Crippen MR) is 52.0 cm³/mol. The lowest BCUT2D eigenvalue weighted by Gasteiger charge is -2.32. The van der Waals surface area contributed by atoms with Gasteiger partial charge in [-0.2, -0.15) is 0 Å². The van der Waals surface area contributed by atoms with Crippen LogP contribution in [0.2, 0.25) is 0 Å². The van der Waals surface area contributed by atoms with Crippen LogP contribution < -0.4 is 0 Å². The van der Waals surface area contributed by atoms with E-state index in [0.717, 1.165) is 0 Å². The Hall–Kier alpha value is 0.0200. The van der Waals surface area contributed by atoms with E-state index in [9.17, 15) is 4.79 Å². The Balaban J connectivity index is 3.07. The maximum atomic E-state index is 10.4. The molecule has 0 aromatic heterocycles. The summed E-state index contributed by atoms with van der Waals surface area (Å²) in [5.41, 5.74) is 0.443. The van der Waals surface area contributed by atoms with Gasteiger partial charge in [-0.1, -0.05) is 35.4 Å². The molecule has 0 fully saturated rings. The molecule has 0 heterocycles. The first-order chi connectivity index (χ1) is 5.39. The van der Waals surface area contributed by atoms with Crippen LogP contribution in [0.4, 0.5) is 0 Å². The summed E-state index contributed by atoms with van der Waals surface area (Å²) in [5.74, 6) is 0. The first-order valence-electron chi connectivity index (χ1n) is 3.33. The van der Waals surface area contributed by atoms with E-state index < -0.39 is 9.21 Å². The Morgan fingerprint density at radius 2 is 2.00 bits per heavy atom. The van der Waals surface area contributed by atoms with Gasteiger partial charge >= 0.3 is 0 Å². The lowest BCUT2D eigenvalue weighted by atomic mass is 9.97. The fourth-order valence-corrected chi connectivity index (χ4v) is 1.33. The van der Waals surface area contributed by atoms with Gasteiger partial charge in [0.15, 0.2) is 4.33 Å². The molecule has 0 N–H and O–H groups in total. The lowest BCUT2D eigenvalue weighted by molar-refractivity contribution is -0.104. The van der Waals surface area contributed by atoms with Crippen LogP contribution in [0.3, 0.4) is 0 Å². The first-order valence-corrected chi connectivity index (χ1v) is 4.46. The smallest absolute Gasteiger partial charge is 0.159 e. The molecule has 0 saturated heterocycles. The van der Waals surface area contributed by atoms with Crippen molar-refractivity contribution in [1.82, 2.24) is 0 Å². The maximum absolute atomic E-state index is 10.4. The number of hydrogen-bond donors (Lipinski definition) is 0. The monoisotopic (exact) mass is 224 g/mol. The van der Waals surface area contributed by atoms with Gasteiger partial charge in [-0.3, -0.25) is 4.79 Å². The van der Waals surface area contributed by atoms with Gasteiger partial charge in [-0.25, -0.2) is 0 Å². The fraction of sp³-hybridized carbons (Fsp3) is 0.375. The fourth-order valence-electron chi connectivity index (χ4n) is 0.836. The predicted octanol–water partition coefficient (Wildman–Crippen LogP) is 2.85. The van der Waals surface area contributed by atoms with E-state index in [0.29, 0.717) is 11.9 Å². The van der Waals surface area contributed by atoms with Crippen LogP contribution in [-0.2, 0) is 4.79 Å². The van der Waals surface area contributed by atoms with Crippen LogP contribution >= 0.6 is 34.8 Å². The number of carbonyl (C=O) groups is 1. The minimum absolute atomic E-state index is 0.443. The van der Waals surface area contributed by atoms with E-state index >= 15 is 0 Å². The summed E-state index contributed by atoms with van der Waals surface area (Å²) in [5, 5.41) is 0. The molecule has 1 rings (SSSR count). The zero-order valence-electron chi connectivity index (χ0n) is 6.35. The number of halogens is 3. The third-order valence-electron chi connectivity index (χ3n) is 1.72. The van der Waals surface area contributed by atoms with Crippen molar-refractivity contribution < 1.29 is 4.79 Å². The molecule has 0 bridgehead atoms. The van der Waals surface area contributed by atoms with E-state index in [4.69, 9.17) is 34.8 Å². The summed E-state index contributed by atoms with van der Waals surface area (Å²) in [6, 6.07) is 0. The summed E-state index contributed by atoms with van der Waals surface area (Å²) in [6.45, 7) is 1.68. The topological polar surface area (TPSA) is 17.1 Å². The van der Waals surface area contributed by atoms with Gasteiger partial charge in [0.1, 0.15) is 6.29 Å². The Morgan fingerprint density at radius 1 is 1.42 bits per heavy atom. The Kier molecular flexibility index (Phi) is 2.57. The molecule has 4 heteroatoms. The summed E-state index contributed by atoms with van der Waals surface area (Å²) < 4.78 is -1.22. The molecule has 1 unspecified atom stereocenters. The molecular formula is C8H7Cl3O. The Labute approximate surface area is 86.0 Å². The van der Waals surface area contributed by atoms with Gasteiger partial charge in [-0.05, 0) is 13.0 Å². The van der Waals surface area contributed by atoms with E-state index in [2.05, 4.69) is 0 Å². The molecule has 1 atom stereocenters. The van der Waals surface area contributed by atoms with Crippen molar-refractivity contribution in [3.05, 3.63) is 23.8 Å². The largest absolute Gasteiger partial charge is 0.298 e. The second-order valence-electron chi connectivity index (χ2n) is 2.79. The quantitative estimate of drug-likeness (QED) is 0.495. The third-order valence-corrected chi connectivity index (χ3v) is 3.35. The van der Waals surface area contributed by atoms with Crippen molar-refractivity contribution in [3.63, 3.8) is 0 Å². The minimum atomic E-state index is -1.22. The second kappa shape index (κ2) is 3.06. The zero-order valence-corrected chi connectivity index (χ0v) is 8.62. The molecule has 0 amide bonds. The summed E-state index contributed by atoms with van der Waals surface area (Å²) in [4.78, 5) is 9.52. The number of hydrogen-bond acceptors (Lipinski definition) is 1. The van der Waals surface area contributed by atoms with Crippen molar-refractivity contribution in [3.8, 4) is 0 Å². The summed E-state index contributed by atoms with van der Waals surface area (Å²) >= 11 is 17.7. The summed E-state index contributed by atoms with van der Waals surface area (Å²) in [6.07, 6.45) is 5.33. The molecule has 12 heavy (non-hydrogen) atoms. The van der Waals surface area contributed by atoms with Gasteiger partial charge in [0.2, 0.25) is 0 Å². The average molecular weight is 226 g/mol. The maximum Gasteiger partial charge on any atom is 0.159 e. The van der Waals surface area contributed by atoms with E-state index in [1.807, 2.05) is 0 Å². The molecule has 1 aliphatic rings. The van der Waals surface area contributed by atoms with Crippen molar-refractivity contribution >= 4 is 41.1 Å². The number of allylic oxidation sites excluding steroid dienone is 4. The number of alkyl halides is 3. The van der Waals surface area contributed by atoms with Crippen LogP contribution in [-0.4, -0.2) is 15.5 Å². The third kappa shape index (κ3) is 1.68. The molecule has 0 saturated carbocycles. The zero-order chi connectivity index (χ0) is 9.41. The molecule has 1 nitrogen and oxygen atoms in total. The van der Waals surface area contributed by atoms with Gasteiger partial charge in [0.25, 0.3) is 0 Å². The highest BCUT2D eigenvalue weighted by atomic mass is 35.5. The molecule has 66 valence electrons. The molecule has 0 aromatic carbocycles. The standard InChI is InChI=1S/C8H7Cl3O/c1-7(9)3-2-6(5-12)4-8(7,10)11/h2-5H,1H3. The lowest BCUT2D eigenvalue weighted by Crippen LogP contribution is -2.37. The van der Waals surface area contributed by atoms with E-state index in [1.54, 1.807) is 19.1 Å². The number of carbonyl (C=O) groups excluding carboxylic acids is 1. The molecular weight excluding hydrogens is 218 g/mol.